The molecule has 0 radical (unpaired) electrons. The lowest BCUT2D eigenvalue weighted by atomic mass is 10.1. The molecule has 0 saturated heterocycles. The summed E-state index contributed by atoms with van der Waals surface area (Å²) in [4.78, 5) is 0. The van der Waals surface area contributed by atoms with Gasteiger partial charge in [0.25, 0.3) is 0 Å². The SMILES string of the molecule is CNCC(O)c1cc(F)cc(F)c1F. The van der Waals surface area contributed by atoms with Crippen LogP contribution in [0.25, 0.3) is 0 Å². The Morgan fingerprint density at radius 2 is 2.00 bits per heavy atom. The summed E-state index contributed by atoms with van der Waals surface area (Å²) in [6.45, 7) is 0.0276. The van der Waals surface area contributed by atoms with Crippen molar-refractivity contribution in [2.24, 2.45) is 0 Å². The largest absolute Gasteiger partial charge is 0.387 e. The fraction of sp³-hybridized carbons (Fsp3) is 0.333. The Morgan fingerprint density at radius 3 is 2.57 bits per heavy atom. The molecule has 1 rings (SSSR count). The van der Waals surface area contributed by atoms with Gasteiger partial charge in [-0.15, -0.1) is 0 Å². The van der Waals surface area contributed by atoms with Crippen molar-refractivity contribution in [3.8, 4) is 0 Å². The Bertz CT molecular complexity index is 330. The molecule has 0 aliphatic rings. The van der Waals surface area contributed by atoms with Gasteiger partial charge < -0.3 is 10.4 Å². The Morgan fingerprint density at radius 1 is 1.36 bits per heavy atom. The van der Waals surface area contributed by atoms with Crippen LogP contribution in [0.2, 0.25) is 0 Å². The molecular weight excluding hydrogens is 195 g/mol. The Hall–Kier alpha value is -1.07. The monoisotopic (exact) mass is 205 g/mol. The maximum Gasteiger partial charge on any atom is 0.164 e. The predicted molar refractivity (Wildman–Crippen MR) is 45.2 cm³/mol. The average molecular weight is 205 g/mol. The van der Waals surface area contributed by atoms with E-state index in [-0.39, 0.29) is 12.1 Å². The van der Waals surface area contributed by atoms with Crippen molar-refractivity contribution in [2.45, 2.75) is 6.10 Å². The van der Waals surface area contributed by atoms with Crippen LogP contribution < -0.4 is 5.32 Å². The molecule has 0 aliphatic heterocycles. The van der Waals surface area contributed by atoms with Crippen LogP contribution in [0.5, 0.6) is 0 Å². The van der Waals surface area contributed by atoms with Gasteiger partial charge in [-0.1, -0.05) is 0 Å². The molecule has 1 aromatic rings. The third kappa shape index (κ3) is 2.24. The van der Waals surface area contributed by atoms with Crippen LogP contribution in [0.1, 0.15) is 11.7 Å². The van der Waals surface area contributed by atoms with E-state index in [1.165, 1.54) is 7.05 Å². The first-order valence-corrected chi connectivity index (χ1v) is 4.03. The molecule has 0 aromatic heterocycles. The van der Waals surface area contributed by atoms with E-state index in [2.05, 4.69) is 5.32 Å². The molecule has 5 heteroatoms. The van der Waals surface area contributed by atoms with Gasteiger partial charge in [0.15, 0.2) is 11.6 Å². The van der Waals surface area contributed by atoms with E-state index < -0.39 is 23.6 Å². The highest BCUT2D eigenvalue weighted by atomic mass is 19.2. The van der Waals surface area contributed by atoms with E-state index in [0.29, 0.717) is 6.07 Å². The molecule has 0 amide bonds. The van der Waals surface area contributed by atoms with Crippen LogP contribution in [-0.2, 0) is 0 Å². The third-order valence-electron chi connectivity index (χ3n) is 1.78. The van der Waals surface area contributed by atoms with Gasteiger partial charge in [0.2, 0.25) is 0 Å². The van der Waals surface area contributed by atoms with Crippen LogP contribution in [-0.4, -0.2) is 18.7 Å². The van der Waals surface area contributed by atoms with Gasteiger partial charge in [0.05, 0.1) is 6.10 Å². The zero-order chi connectivity index (χ0) is 10.7. The summed E-state index contributed by atoms with van der Waals surface area (Å²) in [5, 5.41) is 11.9. The predicted octanol–water partition coefficient (Wildman–Crippen LogP) is 1.36. The van der Waals surface area contributed by atoms with E-state index in [1.807, 2.05) is 0 Å². The number of benzene rings is 1. The van der Waals surface area contributed by atoms with Gasteiger partial charge >= 0.3 is 0 Å². The maximum atomic E-state index is 13.0. The van der Waals surface area contributed by atoms with Gasteiger partial charge in [-0.25, -0.2) is 13.2 Å². The first-order valence-electron chi connectivity index (χ1n) is 4.03. The van der Waals surface area contributed by atoms with E-state index in [4.69, 9.17) is 0 Å². The van der Waals surface area contributed by atoms with Gasteiger partial charge in [0, 0.05) is 18.2 Å². The van der Waals surface area contributed by atoms with Gasteiger partial charge in [-0.3, -0.25) is 0 Å². The molecule has 1 aromatic carbocycles. The van der Waals surface area contributed by atoms with E-state index in [0.717, 1.165) is 6.07 Å². The number of rotatable bonds is 3. The zero-order valence-corrected chi connectivity index (χ0v) is 7.52. The van der Waals surface area contributed by atoms with Crippen LogP contribution in [0.3, 0.4) is 0 Å². The van der Waals surface area contributed by atoms with E-state index >= 15 is 0 Å². The number of hydrogen-bond donors (Lipinski definition) is 2. The molecular formula is C9H10F3NO. The molecule has 0 saturated carbocycles. The molecule has 0 heterocycles. The van der Waals surface area contributed by atoms with Crippen molar-refractivity contribution in [1.82, 2.24) is 5.32 Å². The fourth-order valence-electron chi connectivity index (χ4n) is 1.12. The molecule has 1 atom stereocenters. The van der Waals surface area contributed by atoms with Crippen LogP contribution >= 0.6 is 0 Å². The van der Waals surface area contributed by atoms with Crippen molar-refractivity contribution >= 4 is 0 Å². The second-order valence-electron chi connectivity index (χ2n) is 2.86. The summed E-state index contributed by atoms with van der Waals surface area (Å²) >= 11 is 0. The van der Waals surface area contributed by atoms with Crippen LogP contribution in [0.4, 0.5) is 13.2 Å². The molecule has 0 fully saturated rings. The smallest absolute Gasteiger partial charge is 0.164 e. The number of halogens is 3. The second-order valence-corrected chi connectivity index (χ2v) is 2.86. The Balaban J connectivity index is 3.07. The Kier molecular flexibility index (Phi) is 3.49. The molecule has 0 spiro atoms. The summed E-state index contributed by atoms with van der Waals surface area (Å²) in [6, 6.07) is 1.21. The molecule has 0 bridgehead atoms. The van der Waals surface area contributed by atoms with Gasteiger partial charge in [-0.2, -0.15) is 0 Å². The normalized spacial score (nSPS) is 12.9. The van der Waals surface area contributed by atoms with Gasteiger partial charge in [-0.05, 0) is 13.1 Å². The highest BCUT2D eigenvalue weighted by Crippen LogP contribution is 2.20. The minimum absolute atomic E-state index is 0.0276. The van der Waals surface area contributed by atoms with Crippen LogP contribution in [0.15, 0.2) is 12.1 Å². The molecule has 2 nitrogen and oxygen atoms in total. The number of nitrogens with one attached hydrogen (secondary N) is 1. The number of aliphatic hydroxyl groups is 1. The number of hydrogen-bond acceptors (Lipinski definition) is 2. The molecule has 1 unspecified atom stereocenters. The number of aliphatic hydroxyl groups excluding tert-OH is 1. The topological polar surface area (TPSA) is 32.3 Å². The quantitative estimate of drug-likeness (QED) is 0.730. The average Bonchev–Trinajstić information content (AvgIpc) is 2.11. The van der Waals surface area contributed by atoms with Gasteiger partial charge in [0.1, 0.15) is 5.82 Å². The molecule has 0 aliphatic carbocycles. The highest BCUT2D eigenvalue weighted by Gasteiger charge is 2.17. The molecule has 14 heavy (non-hydrogen) atoms. The highest BCUT2D eigenvalue weighted by molar-refractivity contribution is 5.22. The third-order valence-corrected chi connectivity index (χ3v) is 1.78. The summed E-state index contributed by atoms with van der Waals surface area (Å²) in [7, 11) is 1.54. The molecule has 2 N–H and O–H groups in total. The minimum Gasteiger partial charge on any atom is -0.387 e. The second kappa shape index (κ2) is 4.43. The van der Waals surface area contributed by atoms with Crippen molar-refractivity contribution < 1.29 is 18.3 Å². The van der Waals surface area contributed by atoms with Crippen molar-refractivity contribution in [3.05, 3.63) is 35.1 Å². The number of likely N-dealkylation sites (N-methyl/N-ethyl adjacent to an activating group) is 1. The first kappa shape index (κ1) is 11.0. The lowest BCUT2D eigenvalue weighted by molar-refractivity contribution is 0.171. The van der Waals surface area contributed by atoms with Crippen molar-refractivity contribution in [3.63, 3.8) is 0 Å². The Labute approximate surface area is 79.4 Å². The van der Waals surface area contributed by atoms with Crippen LogP contribution in [0, 0.1) is 17.5 Å². The molecule has 78 valence electrons. The van der Waals surface area contributed by atoms with E-state index in [9.17, 15) is 18.3 Å². The first-order chi connectivity index (χ1) is 6.56. The zero-order valence-electron chi connectivity index (χ0n) is 7.52. The standard InChI is InChI=1S/C9H10F3NO/c1-13-4-8(14)6-2-5(10)3-7(11)9(6)12/h2-3,8,13-14H,4H2,1H3. The fourth-order valence-corrected chi connectivity index (χ4v) is 1.12. The summed E-state index contributed by atoms with van der Waals surface area (Å²) in [5.41, 5.74) is -0.378. The minimum atomic E-state index is -1.30. The van der Waals surface area contributed by atoms with Crippen molar-refractivity contribution in [1.29, 1.82) is 0 Å². The van der Waals surface area contributed by atoms with Crippen molar-refractivity contribution in [2.75, 3.05) is 13.6 Å². The van der Waals surface area contributed by atoms with E-state index in [1.54, 1.807) is 0 Å². The lowest BCUT2D eigenvalue weighted by Gasteiger charge is -2.11. The summed E-state index contributed by atoms with van der Waals surface area (Å²) < 4.78 is 38.4. The summed E-state index contributed by atoms with van der Waals surface area (Å²) in [5.74, 6) is -3.42. The summed E-state index contributed by atoms with van der Waals surface area (Å²) in [6.07, 6.45) is -1.26. The maximum absolute atomic E-state index is 13.0. The lowest BCUT2D eigenvalue weighted by Crippen LogP contribution is -2.18.